The molecule has 0 saturated carbocycles. The van der Waals surface area contributed by atoms with E-state index in [4.69, 9.17) is 19.9 Å². The molecule has 2 heterocycles. The maximum Gasteiger partial charge on any atom is 0.159 e. The van der Waals surface area contributed by atoms with E-state index in [-0.39, 0.29) is 11.6 Å². The van der Waals surface area contributed by atoms with E-state index >= 15 is 0 Å². The minimum atomic E-state index is -0.00541. The molecule has 0 aliphatic heterocycles. The zero-order chi connectivity index (χ0) is 34.2. The summed E-state index contributed by atoms with van der Waals surface area (Å²) in [7, 11) is 0. The van der Waals surface area contributed by atoms with Crippen LogP contribution >= 0.6 is 0 Å². The molecule has 2 aromatic heterocycles. The van der Waals surface area contributed by atoms with Gasteiger partial charge < -0.3 is 0 Å². The summed E-state index contributed by atoms with van der Waals surface area (Å²) in [6.45, 7) is 3.14. The standard InChI is InChI=1S/C44H30N4O2/c1-27(49)31-15-9-17-35(23-31)43-41(29-11-5-3-6-12-29)45-37-21-19-33(25-39(37)47-43)34-20-22-38-40(26-34)48-44(36-18-10-16-32(24-36)28(2)50)42(46-38)30-13-7-4-8-14-30/h3-26H,1-2H3. The number of fused-ring (bicyclic) bond motifs is 2. The molecule has 0 atom stereocenters. The number of benzene rings is 6. The molecular formula is C44H30N4O2. The van der Waals surface area contributed by atoms with E-state index in [1.165, 1.54) is 0 Å². The fourth-order valence-corrected chi connectivity index (χ4v) is 6.24. The van der Waals surface area contributed by atoms with Crippen molar-refractivity contribution < 1.29 is 9.59 Å². The van der Waals surface area contributed by atoms with Crippen LogP contribution in [0.2, 0.25) is 0 Å². The van der Waals surface area contributed by atoms with Gasteiger partial charge in [-0.15, -0.1) is 0 Å². The van der Waals surface area contributed by atoms with Gasteiger partial charge in [0.1, 0.15) is 0 Å². The molecule has 0 saturated heterocycles. The number of ketones is 2. The highest BCUT2D eigenvalue weighted by molar-refractivity contribution is 5.98. The molecule has 0 spiro atoms. The largest absolute Gasteiger partial charge is 0.295 e. The summed E-state index contributed by atoms with van der Waals surface area (Å²) >= 11 is 0. The summed E-state index contributed by atoms with van der Waals surface area (Å²) in [5.41, 5.74) is 12.6. The normalized spacial score (nSPS) is 11.2. The molecule has 8 aromatic rings. The smallest absolute Gasteiger partial charge is 0.159 e. The fraction of sp³-hybridized carbons (Fsp3) is 0.0455. The van der Waals surface area contributed by atoms with Crippen molar-refractivity contribution in [1.82, 2.24) is 19.9 Å². The molecule has 238 valence electrons. The summed E-state index contributed by atoms with van der Waals surface area (Å²) in [5, 5.41) is 0. The summed E-state index contributed by atoms with van der Waals surface area (Å²) in [6.07, 6.45) is 0. The molecule has 0 aliphatic carbocycles. The lowest BCUT2D eigenvalue weighted by molar-refractivity contribution is 0.100. The van der Waals surface area contributed by atoms with Gasteiger partial charge >= 0.3 is 0 Å². The van der Waals surface area contributed by atoms with Crippen molar-refractivity contribution in [1.29, 1.82) is 0 Å². The second kappa shape index (κ2) is 12.7. The van der Waals surface area contributed by atoms with E-state index in [0.29, 0.717) is 22.5 Å². The molecular weight excluding hydrogens is 617 g/mol. The van der Waals surface area contributed by atoms with Crippen molar-refractivity contribution in [3.63, 3.8) is 0 Å². The van der Waals surface area contributed by atoms with Gasteiger partial charge in [0.15, 0.2) is 11.6 Å². The van der Waals surface area contributed by atoms with Crippen LogP contribution in [0.25, 0.3) is 78.2 Å². The first-order valence-electron chi connectivity index (χ1n) is 16.4. The van der Waals surface area contributed by atoms with E-state index in [1.54, 1.807) is 13.8 Å². The number of nitrogens with zero attached hydrogens (tertiary/aromatic N) is 4. The van der Waals surface area contributed by atoms with Crippen molar-refractivity contribution in [2.75, 3.05) is 0 Å². The van der Waals surface area contributed by atoms with Gasteiger partial charge in [0.05, 0.1) is 44.8 Å². The minimum absolute atomic E-state index is 0.00541. The number of rotatable bonds is 7. The number of Topliss-reactive ketones (excluding diaryl/α,β-unsaturated/α-hetero) is 2. The quantitative estimate of drug-likeness (QED) is 0.160. The van der Waals surface area contributed by atoms with Gasteiger partial charge in [0.25, 0.3) is 0 Å². The SMILES string of the molecule is CC(=O)c1cccc(-c2nc3cc(-c4ccc5nc(-c6ccccc6)c(-c6cccc(C(C)=O)c6)nc5c4)ccc3nc2-c2ccccc2)c1. The number of carbonyl (C=O) groups is 2. The summed E-state index contributed by atoms with van der Waals surface area (Å²) in [5.74, 6) is -0.0108. The van der Waals surface area contributed by atoms with Crippen LogP contribution in [0.5, 0.6) is 0 Å². The molecule has 0 radical (unpaired) electrons. The highest BCUT2D eigenvalue weighted by Gasteiger charge is 2.17. The summed E-state index contributed by atoms with van der Waals surface area (Å²) in [4.78, 5) is 45.0. The number of aromatic nitrogens is 4. The van der Waals surface area contributed by atoms with Crippen LogP contribution in [0.15, 0.2) is 146 Å². The van der Waals surface area contributed by atoms with E-state index in [0.717, 1.165) is 66.8 Å². The van der Waals surface area contributed by atoms with Crippen molar-refractivity contribution in [2.24, 2.45) is 0 Å². The van der Waals surface area contributed by atoms with Gasteiger partial charge in [-0.3, -0.25) is 9.59 Å². The Morgan fingerprint density at radius 1 is 0.340 bits per heavy atom. The molecule has 6 nitrogen and oxygen atoms in total. The first kappa shape index (κ1) is 30.7. The Hall–Kier alpha value is -6.66. The highest BCUT2D eigenvalue weighted by Crippen LogP contribution is 2.35. The van der Waals surface area contributed by atoms with Gasteiger partial charge in [-0.2, -0.15) is 0 Å². The van der Waals surface area contributed by atoms with E-state index < -0.39 is 0 Å². The number of carbonyl (C=O) groups excluding carboxylic acids is 2. The Bertz CT molecular complexity index is 2420. The van der Waals surface area contributed by atoms with Crippen LogP contribution in [0.1, 0.15) is 34.6 Å². The zero-order valence-electron chi connectivity index (χ0n) is 27.5. The molecule has 8 rings (SSSR count). The first-order chi connectivity index (χ1) is 24.4. The average Bonchev–Trinajstić information content (AvgIpc) is 3.17. The lowest BCUT2D eigenvalue weighted by Gasteiger charge is -2.13. The first-order valence-corrected chi connectivity index (χ1v) is 16.4. The molecule has 0 aliphatic rings. The Morgan fingerprint density at radius 3 is 1.10 bits per heavy atom. The van der Waals surface area contributed by atoms with Crippen LogP contribution in [0.3, 0.4) is 0 Å². The van der Waals surface area contributed by atoms with E-state index in [1.807, 2.05) is 146 Å². The van der Waals surface area contributed by atoms with Crippen molar-refractivity contribution in [3.8, 4) is 56.2 Å². The van der Waals surface area contributed by atoms with Gasteiger partial charge in [-0.05, 0) is 61.4 Å². The van der Waals surface area contributed by atoms with Crippen molar-refractivity contribution in [2.45, 2.75) is 13.8 Å². The third-order valence-electron chi connectivity index (χ3n) is 8.84. The van der Waals surface area contributed by atoms with Gasteiger partial charge in [0, 0.05) is 33.4 Å². The topological polar surface area (TPSA) is 85.7 Å². The number of hydrogen-bond acceptors (Lipinski definition) is 6. The lowest BCUT2D eigenvalue weighted by Crippen LogP contribution is -1.98. The van der Waals surface area contributed by atoms with Gasteiger partial charge in [-0.25, -0.2) is 19.9 Å². The van der Waals surface area contributed by atoms with E-state index in [9.17, 15) is 9.59 Å². The average molecular weight is 647 g/mol. The predicted octanol–water partition coefficient (Wildman–Crippen LogP) is 10.3. The fourth-order valence-electron chi connectivity index (χ4n) is 6.24. The van der Waals surface area contributed by atoms with Gasteiger partial charge in [0.2, 0.25) is 0 Å². The third-order valence-corrected chi connectivity index (χ3v) is 8.84. The third kappa shape index (κ3) is 5.84. The Morgan fingerprint density at radius 2 is 0.700 bits per heavy atom. The maximum atomic E-state index is 12.3. The van der Waals surface area contributed by atoms with Crippen LogP contribution in [-0.4, -0.2) is 31.5 Å². The van der Waals surface area contributed by atoms with Crippen LogP contribution in [-0.2, 0) is 0 Å². The number of hydrogen-bond donors (Lipinski definition) is 0. The molecule has 0 unspecified atom stereocenters. The molecule has 0 fully saturated rings. The molecule has 6 aromatic carbocycles. The van der Waals surface area contributed by atoms with Gasteiger partial charge in [-0.1, -0.05) is 109 Å². The van der Waals surface area contributed by atoms with Crippen LogP contribution < -0.4 is 0 Å². The van der Waals surface area contributed by atoms with Crippen LogP contribution in [0.4, 0.5) is 0 Å². The highest BCUT2D eigenvalue weighted by atomic mass is 16.1. The van der Waals surface area contributed by atoms with Crippen molar-refractivity contribution in [3.05, 3.63) is 157 Å². The minimum Gasteiger partial charge on any atom is -0.295 e. The predicted molar refractivity (Wildman–Crippen MR) is 200 cm³/mol. The molecule has 0 bridgehead atoms. The Balaban J connectivity index is 1.28. The Kier molecular flexibility index (Phi) is 7.82. The molecule has 50 heavy (non-hydrogen) atoms. The molecule has 0 N–H and O–H groups in total. The second-order valence-corrected chi connectivity index (χ2v) is 12.3. The molecule has 0 amide bonds. The monoisotopic (exact) mass is 646 g/mol. The summed E-state index contributed by atoms with van der Waals surface area (Å²) in [6, 6.07) is 47.2. The maximum absolute atomic E-state index is 12.3. The zero-order valence-corrected chi connectivity index (χ0v) is 27.5. The second-order valence-electron chi connectivity index (χ2n) is 12.3. The van der Waals surface area contributed by atoms with E-state index in [2.05, 4.69) is 0 Å². The lowest BCUT2D eigenvalue weighted by atomic mass is 9.99. The van der Waals surface area contributed by atoms with Crippen LogP contribution in [0, 0.1) is 0 Å². The van der Waals surface area contributed by atoms with Crippen molar-refractivity contribution >= 4 is 33.6 Å². The Labute approximate surface area is 289 Å². The molecule has 6 heteroatoms. The summed E-state index contributed by atoms with van der Waals surface area (Å²) < 4.78 is 0.